The number of aliphatic hydroxyl groups is 1. The summed E-state index contributed by atoms with van der Waals surface area (Å²) in [6.07, 6.45) is 2.45. The van der Waals surface area contributed by atoms with Crippen molar-refractivity contribution in [3.8, 4) is 11.1 Å². The highest BCUT2D eigenvalue weighted by Gasteiger charge is 2.48. The molecule has 0 amide bonds. The van der Waals surface area contributed by atoms with Crippen LogP contribution in [0.2, 0.25) is 0 Å². The molecule has 0 saturated heterocycles. The average Bonchev–Trinajstić information content (AvgIpc) is 3.19. The maximum absolute atomic E-state index is 13.1. The Balaban J connectivity index is 1.47. The van der Waals surface area contributed by atoms with Gasteiger partial charge in [0.05, 0.1) is 6.10 Å². The second-order valence-corrected chi connectivity index (χ2v) is 8.43. The monoisotopic (exact) mass is 385 g/mol. The molecule has 3 aromatic heterocycles. The molecule has 0 radical (unpaired) electrons. The van der Waals surface area contributed by atoms with E-state index in [1.54, 1.807) is 10.9 Å². The Kier molecular flexibility index (Phi) is 3.61. The molecule has 1 aromatic carbocycles. The van der Waals surface area contributed by atoms with Crippen LogP contribution >= 0.6 is 11.3 Å². The van der Waals surface area contributed by atoms with Crippen LogP contribution in [0.4, 0.5) is 8.78 Å². The molecule has 1 N–H and O–H groups in total. The third-order valence-electron chi connectivity index (χ3n) is 5.21. The summed E-state index contributed by atoms with van der Waals surface area (Å²) in [6, 6.07) is 10.0. The van der Waals surface area contributed by atoms with Crippen molar-refractivity contribution in [2.45, 2.75) is 24.9 Å². The summed E-state index contributed by atoms with van der Waals surface area (Å²) in [5, 5.41) is 16.7. The van der Waals surface area contributed by atoms with E-state index in [0.717, 1.165) is 31.5 Å². The van der Waals surface area contributed by atoms with Crippen LogP contribution in [-0.4, -0.2) is 25.8 Å². The fraction of sp³-hybridized carbons (Fsp3) is 0.300. The van der Waals surface area contributed by atoms with E-state index in [-0.39, 0.29) is 18.8 Å². The largest absolute Gasteiger partial charge is 0.387 e. The number of aliphatic hydroxyl groups excluding tert-OH is 1. The molecule has 3 heterocycles. The van der Waals surface area contributed by atoms with Crippen molar-refractivity contribution in [3.63, 3.8) is 0 Å². The number of rotatable bonds is 3. The molecule has 7 heteroatoms. The highest BCUT2D eigenvalue weighted by molar-refractivity contribution is 7.19. The lowest BCUT2D eigenvalue weighted by atomic mass is 9.77. The van der Waals surface area contributed by atoms with Gasteiger partial charge in [-0.3, -0.25) is 4.68 Å². The van der Waals surface area contributed by atoms with Gasteiger partial charge in [-0.05, 0) is 29.1 Å². The van der Waals surface area contributed by atoms with Crippen molar-refractivity contribution < 1.29 is 13.9 Å². The van der Waals surface area contributed by atoms with Crippen LogP contribution in [0.3, 0.4) is 0 Å². The molecule has 0 aliphatic heterocycles. The lowest BCUT2D eigenvalue weighted by Crippen LogP contribution is -2.38. The quantitative estimate of drug-likeness (QED) is 0.544. The van der Waals surface area contributed by atoms with Crippen LogP contribution in [-0.2, 0) is 7.05 Å². The van der Waals surface area contributed by atoms with Gasteiger partial charge in [0.25, 0.3) is 0 Å². The third kappa shape index (κ3) is 2.91. The number of pyridine rings is 1. The van der Waals surface area contributed by atoms with Crippen molar-refractivity contribution in [3.05, 3.63) is 47.6 Å². The lowest BCUT2D eigenvalue weighted by molar-refractivity contribution is -0.141. The normalized spacial score (nSPS) is 18.1. The van der Waals surface area contributed by atoms with Gasteiger partial charge in [-0.15, -0.1) is 11.3 Å². The Morgan fingerprint density at radius 2 is 2.00 bits per heavy atom. The van der Waals surface area contributed by atoms with Gasteiger partial charge in [0.2, 0.25) is 5.92 Å². The minimum absolute atomic E-state index is 0.232. The smallest absolute Gasteiger partial charge is 0.248 e. The summed E-state index contributed by atoms with van der Waals surface area (Å²) in [5.74, 6) is -2.97. The van der Waals surface area contributed by atoms with Crippen LogP contribution in [0.25, 0.3) is 32.2 Å². The van der Waals surface area contributed by atoms with E-state index in [4.69, 9.17) is 0 Å². The van der Waals surface area contributed by atoms with E-state index in [1.165, 1.54) is 11.3 Å². The molecule has 1 aliphatic rings. The van der Waals surface area contributed by atoms with E-state index < -0.39 is 12.0 Å². The van der Waals surface area contributed by atoms with Crippen LogP contribution < -0.4 is 0 Å². The predicted molar refractivity (Wildman–Crippen MR) is 102 cm³/mol. The molecule has 0 bridgehead atoms. The average molecular weight is 385 g/mol. The fourth-order valence-electron chi connectivity index (χ4n) is 3.73. The first kappa shape index (κ1) is 16.8. The van der Waals surface area contributed by atoms with Crippen molar-refractivity contribution in [2.24, 2.45) is 13.0 Å². The van der Waals surface area contributed by atoms with Crippen molar-refractivity contribution in [2.75, 3.05) is 0 Å². The number of alkyl halides is 2. The first-order valence-corrected chi connectivity index (χ1v) is 9.59. The number of thiophene rings is 1. The molecule has 0 unspecified atom stereocenters. The number of hydrogen-bond acceptors (Lipinski definition) is 4. The summed E-state index contributed by atoms with van der Waals surface area (Å²) in [5.41, 5.74) is 2.73. The van der Waals surface area contributed by atoms with Crippen LogP contribution in [0.1, 0.15) is 23.8 Å². The highest BCUT2D eigenvalue weighted by atomic mass is 32.1. The Morgan fingerprint density at radius 1 is 1.19 bits per heavy atom. The van der Waals surface area contributed by atoms with Gasteiger partial charge in [-0.2, -0.15) is 5.10 Å². The Labute approximate surface area is 158 Å². The van der Waals surface area contributed by atoms with E-state index in [9.17, 15) is 13.9 Å². The minimum atomic E-state index is -2.62. The Bertz CT molecular complexity index is 1160. The summed E-state index contributed by atoms with van der Waals surface area (Å²) in [7, 11) is 1.86. The summed E-state index contributed by atoms with van der Waals surface area (Å²) in [4.78, 5) is 5.16. The summed E-state index contributed by atoms with van der Waals surface area (Å²) < 4.78 is 29.0. The number of hydrogen-bond donors (Lipinski definition) is 1. The van der Waals surface area contributed by atoms with Crippen LogP contribution in [0, 0.1) is 5.92 Å². The maximum Gasteiger partial charge on any atom is 0.248 e. The molecular weight excluding hydrogens is 368 g/mol. The molecule has 1 saturated carbocycles. The number of nitrogens with zero attached hydrogens (tertiary/aromatic N) is 3. The molecule has 4 nitrogen and oxygen atoms in total. The Morgan fingerprint density at radius 3 is 2.78 bits per heavy atom. The molecule has 138 valence electrons. The fourth-order valence-corrected chi connectivity index (χ4v) is 4.91. The number of aromatic nitrogens is 3. The molecule has 1 atom stereocenters. The molecule has 1 aliphatic carbocycles. The topological polar surface area (TPSA) is 50.9 Å². The third-order valence-corrected chi connectivity index (χ3v) is 6.37. The van der Waals surface area contributed by atoms with Gasteiger partial charge in [0.1, 0.15) is 0 Å². The zero-order valence-electron chi connectivity index (χ0n) is 14.6. The van der Waals surface area contributed by atoms with Gasteiger partial charge in [-0.1, -0.05) is 12.1 Å². The molecule has 5 rings (SSSR count). The van der Waals surface area contributed by atoms with Crippen LogP contribution in [0.15, 0.2) is 42.7 Å². The van der Waals surface area contributed by atoms with Gasteiger partial charge in [0.15, 0.2) is 5.65 Å². The number of benzene rings is 1. The standard InChI is InChI=1S/C20H17F2N3OS/c1-25-10-14-4-13(9-23-19(14)24-25)11-2-3-12-6-17(27-16(12)5-11)18(26)15-7-20(21,22)8-15/h2-6,9-10,15,18,26H,7-8H2,1H3/t18-/m0/s1. The number of halogens is 2. The number of fused-ring (bicyclic) bond motifs is 2. The first-order chi connectivity index (χ1) is 12.9. The van der Waals surface area contributed by atoms with E-state index in [2.05, 4.69) is 22.2 Å². The predicted octanol–water partition coefficient (Wildman–Crippen LogP) is 4.93. The number of aryl methyl sites for hydroxylation is 1. The minimum Gasteiger partial charge on any atom is -0.387 e. The van der Waals surface area contributed by atoms with Crippen molar-refractivity contribution in [1.29, 1.82) is 0 Å². The maximum atomic E-state index is 13.1. The molecule has 4 aromatic rings. The van der Waals surface area contributed by atoms with Crippen LogP contribution in [0.5, 0.6) is 0 Å². The SMILES string of the molecule is Cn1cc2cc(-c3ccc4cc([C@@H](O)C5CC(F)(F)C5)sc4c3)cnc2n1. The van der Waals surface area contributed by atoms with Crippen molar-refractivity contribution >= 4 is 32.5 Å². The van der Waals surface area contributed by atoms with Gasteiger partial charge < -0.3 is 5.11 Å². The Hall–Kier alpha value is -2.38. The lowest BCUT2D eigenvalue weighted by Gasteiger charge is -2.37. The van der Waals surface area contributed by atoms with E-state index in [0.29, 0.717) is 5.65 Å². The molecular formula is C20H17F2N3OS. The summed E-state index contributed by atoms with van der Waals surface area (Å²) >= 11 is 1.47. The van der Waals surface area contributed by atoms with E-state index >= 15 is 0 Å². The molecule has 0 spiro atoms. The van der Waals surface area contributed by atoms with Gasteiger partial charge in [-0.25, -0.2) is 13.8 Å². The highest BCUT2D eigenvalue weighted by Crippen LogP contribution is 2.49. The molecule has 1 fully saturated rings. The van der Waals surface area contributed by atoms with Gasteiger partial charge in [0, 0.05) is 58.7 Å². The van der Waals surface area contributed by atoms with Crippen molar-refractivity contribution in [1.82, 2.24) is 14.8 Å². The second kappa shape index (κ2) is 5.81. The van der Waals surface area contributed by atoms with E-state index in [1.807, 2.05) is 31.4 Å². The molecule has 27 heavy (non-hydrogen) atoms. The zero-order valence-corrected chi connectivity index (χ0v) is 15.4. The summed E-state index contributed by atoms with van der Waals surface area (Å²) in [6.45, 7) is 0. The first-order valence-electron chi connectivity index (χ1n) is 8.77. The second-order valence-electron chi connectivity index (χ2n) is 7.31. The van der Waals surface area contributed by atoms with Gasteiger partial charge >= 0.3 is 0 Å². The zero-order chi connectivity index (χ0) is 18.8.